The van der Waals surface area contributed by atoms with Crippen LogP contribution in [-0.4, -0.2) is 50.4 Å². The van der Waals surface area contributed by atoms with Crippen LogP contribution in [0.1, 0.15) is 57.8 Å². The summed E-state index contributed by atoms with van der Waals surface area (Å²) in [5.41, 5.74) is 1.71. The zero-order valence-corrected chi connectivity index (χ0v) is 17.6. The van der Waals surface area contributed by atoms with Crippen LogP contribution >= 0.6 is 0 Å². The molecular weight excluding hydrogens is 402 g/mol. The summed E-state index contributed by atoms with van der Waals surface area (Å²) in [6.07, 6.45) is 2.32. The minimum absolute atomic E-state index is 0.00406. The van der Waals surface area contributed by atoms with Crippen molar-refractivity contribution in [3.8, 4) is 0 Å². The van der Waals surface area contributed by atoms with Crippen molar-refractivity contribution in [2.24, 2.45) is 0 Å². The van der Waals surface area contributed by atoms with Crippen molar-refractivity contribution in [2.75, 3.05) is 13.1 Å². The van der Waals surface area contributed by atoms with Gasteiger partial charge in [-0.15, -0.1) is 0 Å². The molecule has 31 heavy (non-hydrogen) atoms. The van der Waals surface area contributed by atoms with Crippen LogP contribution in [-0.2, 0) is 11.3 Å². The van der Waals surface area contributed by atoms with Gasteiger partial charge in [0.1, 0.15) is 11.4 Å². The quantitative estimate of drug-likeness (QED) is 0.268. The Bertz CT molecular complexity index is 994. The molecule has 2 aromatic rings. The maximum Gasteiger partial charge on any atom is 0.312 e. The van der Waals surface area contributed by atoms with Crippen LogP contribution in [0.5, 0.6) is 0 Å². The third kappa shape index (κ3) is 4.79. The normalized spacial score (nSPS) is 12.9. The van der Waals surface area contributed by atoms with Crippen molar-refractivity contribution in [3.63, 3.8) is 0 Å². The van der Waals surface area contributed by atoms with Crippen molar-refractivity contribution < 1.29 is 19.3 Å². The fourth-order valence-corrected chi connectivity index (χ4v) is 3.73. The highest BCUT2D eigenvalue weighted by molar-refractivity contribution is 6.21. The molecule has 1 aliphatic heterocycles. The van der Waals surface area contributed by atoms with E-state index in [0.717, 1.165) is 0 Å². The molecule has 0 spiro atoms. The minimum atomic E-state index is -0.450. The van der Waals surface area contributed by atoms with Gasteiger partial charge in [-0.05, 0) is 38.8 Å². The molecule has 0 radical (unpaired) electrons. The number of carbonyl (C=O) groups is 3. The highest BCUT2D eigenvalue weighted by Crippen LogP contribution is 2.23. The Morgan fingerprint density at radius 1 is 1.06 bits per heavy atom. The number of imide groups is 1. The maximum atomic E-state index is 12.3. The van der Waals surface area contributed by atoms with E-state index in [-0.39, 0.29) is 23.4 Å². The lowest BCUT2D eigenvalue weighted by molar-refractivity contribution is -0.386. The third-order valence-corrected chi connectivity index (χ3v) is 5.34. The van der Waals surface area contributed by atoms with E-state index >= 15 is 0 Å². The predicted molar refractivity (Wildman–Crippen MR) is 112 cm³/mol. The van der Waals surface area contributed by atoms with Crippen LogP contribution in [0, 0.1) is 24.0 Å². The number of aromatic nitrogens is 2. The molecule has 0 saturated carbocycles. The van der Waals surface area contributed by atoms with Crippen LogP contribution in [0.3, 0.4) is 0 Å². The molecule has 10 heteroatoms. The summed E-state index contributed by atoms with van der Waals surface area (Å²) >= 11 is 0. The minimum Gasteiger partial charge on any atom is -0.354 e. The van der Waals surface area contributed by atoms with Gasteiger partial charge < -0.3 is 5.32 Å². The highest BCUT2D eigenvalue weighted by atomic mass is 16.6. The molecule has 3 amide bonds. The molecule has 0 atom stereocenters. The van der Waals surface area contributed by atoms with Gasteiger partial charge in [-0.25, -0.2) is 0 Å². The number of nitrogens with one attached hydrogen (secondary N) is 1. The third-order valence-electron chi connectivity index (χ3n) is 5.34. The van der Waals surface area contributed by atoms with E-state index in [4.69, 9.17) is 0 Å². The number of nitro groups is 1. The van der Waals surface area contributed by atoms with E-state index in [1.807, 2.05) is 0 Å². The molecule has 0 unspecified atom stereocenters. The Morgan fingerprint density at radius 2 is 1.71 bits per heavy atom. The van der Waals surface area contributed by atoms with Crippen molar-refractivity contribution in [2.45, 2.75) is 46.1 Å². The number of unbranched alkanes of at least 4 members (excludes halogenated alkanes) is 2. The van der Waals surface area contributed by atoms with Gasteiger partial charge >= 0.3 is 5.69 Å². The molecule has 3 rings (SSSR count). The van der Waals surface area contributed by atoms with Gasteiger partial charge in [-0.1, -0.05) is 18.6 Å². The van der Waals surface area contributed by atoms with Gasteiger partial charge in [0.25, 0.3) is 11.8 Å². The first kappa shape index (κ1) is 22.1. The first-order valence-electron chi connectivity index (χ1n) is 10.2. The largest absolute Gasteiger partial charge is 0.354 e. The lowest BCUT2D eigenvalue weighted by Crippen LogP contribution is -2.30. The summed E-state index contributed by atoms with van der Waals surface area (Å²) in [7, 11) is 0. The Balaban J connectivity index is 1.34. The Hall–Kier alpha value is -3.56. The van der Waals surface area contributed by atoms with Crippen LogP contribution < -0.4 is 5.32 Å². The average Bonchev–Trinajstić information content (AvgIpc) is 3.15. The van der Waals surface area contributed by atoms with Gasteiger partial charge in [0.15, 0.2) is 0 Å². The van der Waals surface area contributed by atoms with Crippen molar-refractivity contribution in [3.05, 3.63) is 56.9 Å². The van der Waals surface area contributed by atoms with E-state index in [1.165, 1.54) is 9.58 Å². The number of hydrogen-bond donors (Lipinski definition) is 1. The maximum absolute atomic E-state index is 12.3. The van der Waals surface area contributed by atoms with Crippen LogP contribution in [0.4, 0.5) is 5.69 Å². The predicted octanol–water partition coefficient (Wildman–Crippen LogP) is 2.38. The summed E-state index contributed by atoms with van der Waals surface area (Å²) in [4.78, 5) is 48.4. The molecule has 0 saturated heterocycles. The zero-order chi connectivity index (χ0) is 22.5. The molecule has 0 bridgehead atoms. The van der Waals surface area contributed by atoms with Gasteiger partial charge in [0, 0.05) is 19.5 Å². The van der Waals surface area contributed by atoms with Gasteiger partial charge in [0.2, 0.25) is 5.91 Å². The Kier molecular flexibility index (Phi) is 6.78. The summed E-state index contributed by atoms with van der Waals surface area (Å²) in [6.45, 7) is 4.24. The molecule has 1 aliphatic rings. The van der Waals surface area contributed by atoms with E-state index < -0.39 is 4.92 Å². The smallest absolute Gasteiger partial charge is 0.312 e. The molecule has 1 aromatic carbocycles. The Morgan fingerprint density at radius 3 is 2.29 bits per heavy atom. The number of rotatable bonds is 10. The second-order valence-electron chi connectivity index (χ2n) is 7.47. The molecule has 0 aliphatic carbocycles. The fraction of sp³-hybridized carbons (Fsp3) is 0.429. The molecule has 2 heterocycles. The van der Waals surface area contributed by atoms with Crippen LogP contribution in [0.25, 0.3) is 0 Å². The van der Waals surface area contributed by atoms with Crippen molar-refractivity contribution in [1.82, 2.24) is 20.0 Å². The standard InChI is InChI=1S/C21H25N5O5/c1-14-19(26(30)31)15(2)25(23-14)13-11-22-18(27)10-4-3-7-12-24-20(28)16-8-5-6-9-17(16)21(24)29/h5-6,8-9H,3-4,7,10-13H2,1-2H3,(H,22,27). The van der Waals surface area contributed by atoms with Gasteiger partial charge in [-0.2, -0.15) is 5.10 Å². The first-order valence-corrected chi connectivity index (χ1v) is 10.2. The van der Waals surface area contributed by atoms with E-state index in [2.05, 4.69) is 10.4 Å². The molecule has 1 N–H and O–H groups in total. The zero-order valence-electron chi connectivity index (χ0n) is 17.6. The molecular formula is C21H25N5O5. The van der Waals surface area contributed by atoms with Gasteiger partial charge in [-0.3, -0.25) is 34.1 Å². The molecule has 0 fully saturated rings. The number of carbonyl (C=O) groups excluding carboxylic acids is 3. The van der Waals surface area contributed by atoms with E-state index in [9.17, 15) is 24.5 Å². The highest BCUT2D eigenvalue weighted by Gasteiger charge is 2.34. The first-order chi connectivity index (χ1) is 14.8. The monoisotopic (exact) mass is 427 g/mol. The van der Waals surface area contributed by atoms with E-state index in [1.54, 1.807) is 38.1 Å². The topological polar surface area (TPSA) is 127 Å². The number of aryl methyl sites for hydroxylation is 1. The lowest BCUT2D eigenvalue weighted by Gasteiger charge is -2.13. The SMILES string of the molecule is Cc1nn(CCNC(=O)CCCCCN2C(=O)c3ccccc3C2=O)c(C)c1[N+](=O)[O-]. The molecule has 164 valence electrons. The number of hydrogen-bond acceptors (Lipinski definition) is 6. The van der Waals surface area contributed by atoms with Crippen LogP contribution in [0.2, 0.25) is 0 Å². The number of fused-ring (bicyclic) bond motifs is 1. The summed E-state index contributed by atoms with van der Waals surface area (Å²) in [5.74, 6) is -0.637. The average molecular weight is 427 g/mol. The lowest BCUT2D eigenvalue weighted by atomic mass is 10.1. The number of amides is 3. The second kappa shape index (κ2) is 9.50. The van der Waals surface area contributed by atoms with Gasteiger partial charge in [0.05, 0.1) is 22.6 Å². The number of nitrogens with zero attached hydrogens (tertiary/aromatic N) is 4. The number of benzene rings is 1. The molecule has 10 nitrogen and oxygen atoms in total. The van der Waals surface area contributed by atoms with E-state index in [0.29, 0.717) is 67.8 Å². The summed E-state index contributed by atoms with van der Waals surface area (Å²) in [5, 5.41) is 18.0. The fourth-order valence-electron chi connectivity index (χ4n) is 3.73. The van der Waals surface area contributed by atoms with Crippen LogP contribution in [0.15, 0.2) is 24.3 Å². The second-order valence-corrected chi connectivity index (χ2v) is 7.47. The molecule has 1 aromatic heterocycles. The van der Waals surface area contributed by atoms with Crippen molar-refractivity contribution >= 4 is 23.4 Å². The summed E-state index contributed by atoms with van der Waals surface area (Å²) in [6, 6.07) is 6.79. The van der Waals surface area contributed by atoms with Crippen molar-refractivity contribution in [1.29, 1.82) is 0 Å². The summed E-state index contributed by atoms with van der Waals surface area (Å²) < 4.78 is 1.52. The Labute approximate surface area is 179 Å².